The number of nitro benzene ring substituents is 1. The van der Waals surface area contributed by atoms with Crippen LogP contribution in [-0.2, 0) is 0 Å². The highest BCUT2D eigenvalue weighted by atomic mass is 16.6. The second-order valence-corrected chi connectivity index (χ2v) is 3.13. The first-order chi connectivity index (χ1) is 6.65. The molecule has 0 radical (unpaired) electrons. The van der Waals surface area contributed by atoms with Crippen molar-refractivity contribution in [1.29, 1.82) is 0 Å². The van der Waals surface area contributed by atoms with Gasteiger partial charge in [0.15, 0.2) is 0 Å². The number of hydrogen-bond acceptors (Lipinski definition) is 3. The van der Waals surface area contributed by atoms with Crippen molar-refractivity contribution in [3.8, 4) is 0 Å². The molecule has 1 aromatic carbocycles. The summed E-state index contributed by atoms with van der Waals surface area (Å²) in [6.07, 6.45) is 0. The van der Waals surface area contributed by atoms with Gasteiger partial charge in [0.25, 0.3) is 5.69 Å². The van der Waals surface area contributed by atoms with E-state index in [4.69, 9.17) is 0 Å². The maximum absolute atomic E-state index is 10.4. The molecule has 0 heterocycles. The van der Waals surface area contributed by atoms with Crippen molar-refractivity contribution in [1.82, 2.24) is 5.32 Å². The SMILES string of the molecule is CCNC(C)c1ccc([N+](=O)[O-])cc1. The van der Waals surface area contributed by atoms with Gasteiger partial charge in [-0.1, -0.05) is 19.1 Å². The quantitative estimate of drug-likeness (QED) is 0.590. The normalized spacial score (nSPS) is 12.4. The largest absolute Gasteiger partial charge is 0.310 e. The summed E-state index contributed by atoms with van der Waals surface area (Å²) in [5.74, 6) is 0. The van der Waals surface area contributed by atoms with Crippen LogP contribution in [-0.4, -0.2) is 11.5 Å². The number of nitrogens with zero attached hydrogens (tertiary/aromatic N) is 1. The Morgan fingerprint density at radius 3 is 2.43 bits per heavy atom. The fourth-order valence-corrected chi connectivity index (χ4v) is 1.31. The highest BCUT2D eigenvalue weighted by Gasteiger charge is 2.07. The molecular formula is C10H14N2O2. The number of non-ortho nitro benzene ring substituents is 1. The molecule has 1 N–H and O–H groups in total. The summed E-state index contributed by atoms with van der Waals surface area (Å²) in [5.41, 5.74) is 1.20. The van der Waals surface area contributed by atoms with Crippen molar-refractivity contribution in [2.75, 3.05) is 6.54 Å². The lowest BCUT2D eigenvalue weighted by molar-refractivity contribution is -0.384. The van der Waals surface area contributed by atoms with Gasteiger partial charge in [0.2, 0.25) is 0 Å². The monoisotopic (exact) mass is 194 g/mol. The topological polar surface area (TPSA) is 55.2 Å². The fourth-order valence-electron chi connectivity index (χ4n) is 1.31. The highest BCUT2D eigenvalue weighted by Crippen LogP contribution is 2.16. The molecule has 1 rings (SSSR count). The lowest BCUT2D eigenvalue weighted by atomic mass is 10.1. The number of benzene rings is 1. The molecule has 4 nitrogen and oxygen atoms in total. The van der Waals surface area contributed by atoms with Gasteiger partial charge in [-0.25, -0.2) is 0 Å². The minimum atomic E-state index is -0.387. The Morgan fingerprint density at radius 2 is 2.00 bits per heavy atom. The van der Waals surface area contributed by atoms with Crippen molar-refractivity contribution in [3.63, 3.8) is 0 Å². The second-order valence-electron chi connectivity index (χ2n) is 3.13. The molecule has 0 aromatic heterocycles. The number of nitro groups is 1. The third-order valence-corrected chi connectivity index (χ3v) is 2.11. The molecule has 1 atom stereocenters. The van der Waals surface area contributed by atoms with Crippen LogP contribution in [0, 0.1) is 10.1 Å². The van der Waals surface area contributed by atoms with Crippen molar-refractivity contribution < 1.29 is 4.92 Å². The van der Waals surface area contributed by atoms with Crippen LogP contribution >= 0.6 is 0 Å². The van der Waals surface area contributed by atoms with Gasteiger partial charge < -0.3 is 5.32 Å². The molecule has 0 bridgehead atoms. The van der Waals surface area contributed by atoms with Crippen LogP contribution in [0.15, 0.2) is 24.3 Å². The van der Waals surface area contributed by atoms with E-state index in [-0.39, 0.29) is 16.7 Å². The van der Waals surface area contributed by atoms with Crippen LogP contribution in [0.1, 0.15) is 25.5 Å². The Kier molecular flexibility index (Phi) is 3.59. The van der Waals surface area contributed by atoms with E-state index in [1.807, 2.05) is 13.8 Å². The molecule has 0 aliphatic heterocycles. The molecule has 0 aliphatic rings. The summed E-state index contributed by atoms with van der Waals surface area (Å²) in [6, 6.07) is 6.87. The van der Waals surface area contributed by atoms with Gasteiger partial charge in [-0.05, 0) is 19.0 Å². The van der Waals surface area contributed by atoms with E-state index in [9.17, 15) is 10.1 Å². The molecule has 14 heavy (non-hydrogen) atoms. The molecule has 1 aromatic rings. The zero-order valence-electron chi connectivity index (χ0n) is 8.36. The zero-order chi connectivity index (χ0) is 10.6. The molecule has 76 valence electrons. The molecule has 1 unspecified atom stereocenters. The van der Waals surface area contributed by atoms with Crippen LogP contribution < -0.4 is 5.32 Å². The average molecular weight is 194 g/mol. The summed E-state index contributed by atoms with van der Waals surface area (Å²) in [7, 11) is 0. The van der Waals surface area contributed by atoms with Gasteiger partial charge in [0.1, 0.15) is 0 Å². The maximum atomic E-state index is 10.4. The van der Waals surface area contributed by atoms with Gasteiger partial charge in [-0.15, -0.1) is 0 Å². The fraction of sp³-hybridized carbons (Fsp3) is 0.400. The van der Waals surface area contributed by atoms with Crippen molar-refractivity contribution in [2.45, 2.75) is 19.9 Å². The number of rotatable bonds is 4. The second kappa shape index (κ2) is 4.72. The van der Waals surface area contributed by atoms with E-state index in [1.54, 1.807) is 12.1 Å². The Bertz CT molecular complexity index is 308. The molecule has 0 saturated carbocycles. The van der Waals surface area contributed by atoms with Gasteiger partial charge in [-0.2, -0.15) is 0 Å². The molecule has 0 aliphatic carbocycles. The Hall–Kier alpha value is -1.42. The van der Waals surface area contributed by atoms with Gasteiger partial charge >= 0.3 is 0 Å². The van der Waals surface area contributed by atoms with E-state index in [2.05, 4.69) is 5.32 Å². The van der Waals surface area contributed by atoms with Crippen LogP contribution in [0.3, 0.4) is 0 Å². The van der Waals surface area contributed by atoms with E-state index in [1.165, 1.54) is 12.1 Å². The summed E-state index contributed by atoms with van der Waals surface area (Å²) in [4.78, 5) is 10.0. The summed E-state index contributed by atoms with van der Waals surface area (Å²) in [6.45, 7) is 4.95. The lowest BCUT2D eigenvalue weighted by Gasteiger charge is -2.11. The predicted octanol–water partition coefficient (Wildman–Crippen LogP) is 2.27. The van der Waals surface area contributed by atoms with Crippen molar-refractivity contribution >= 4 is 5.69 Å². The van der Waals surface area contributed by atoms with E-state index < -0.39 is 0 Å². The minimum Gasteiger partial charge on any atom is -0.310 e. The molecule has 0 saturated heterocycles. The third-order valence-electron chi connectivity index (χ3n) is 2.11. The number of nitrogens with one attached hydrogen (secondary N) is 1. The smallest absolute Gasteiger partial charge is 0.269 e. The van der Waals surface area contributed by atoms with Gasteiger partial charge in [-0.3, -0.25) is 10.1 Å². The first-order valence-corrected chi connectivity index (χ1v) is 4.63. The molecule has 4 heteroatoms. The molecule has 0 spiro atoms. The van der Waals surface area contributed by atoms with Gasteiger partial charge in [0, 0.05) is 18.2 Å². The third kappa shape index (κ3) is 2.53. The van der Waals surface area contributed by atoms with Crippen molar-refractivity contribution in [2.24, 2.45) is 0 Å². The molecular weight excluding hydrogens is 180 g/mol. The first kappa shape index (κ1) is 10.7. The van der Waals surface area contributed by atoms with E-state index in [0.717, 1.165) is 12.1 Å². The van der Waals surface area contributed by atoms with E-state index in [0.29, 0.717) is 0 Å². The predicted molar refractivity (Wildman–Crippen MR) is 55.2 cm³/mol. The lowest BCUT2D eigenvalue weighted by Crippen LogP contribution is -2.17. The Labute approximate surface area is 83.1 Å². The average Bonchev–Trinajstić information content (AvgIpc) is 2.18. The summed E-state index contributed by atoms with van der Waals surface area (Å²) >= 11 is 0. The Balaban J connectivity index is 2.77. The van der Waals surface area contributed by atoms with Crippen LogP contribution in [0.4, 0.5) is 5.69 Å². The Morgan fingerprint density at radius 1 is 1.43 bits per heavy atom. The zero-order valence-corrected chi connectivity index (χ0v) is 8.36. The maximum Gasteiger partial charge on any atom is 0.269 e. The first-order valence-electron chi connectivity index (χ1n) is 4.63. The highest BCUT2D eigenvalue weighted by molar-refractivity contribution is 5.33. The summed E-state index contributed by atoms with van der Waals surface area (Å²) < 4.78 is 0. The minimum absolute atomic E-state index is 0.137. The number of hydrogen-bond donors (Lipinski definition) is 1. The van der Waals surface area contributed by atoms with Crippen LogP contribution in [0.2, 0.25) is 0 Å². The van der Waals surface area contributed by atoms with Crippen molar-refractivity contribution in [3.05, 3.63) is 39.9 Å². The van der Waals surface area contributed by atoms with E-state index >= 15 is 0 Å². The standard InChI is InChI=1S/C10H14N2O2/c1-3-11-8(2)9-4-6-10(7-5-9)12(13)14/h4-8,11H,3H2,1-2H3. The van der Waals surface area contributed by atoms with Gasteiger partial charge in [0.05, 0.1) is 4.92 Å². The molecule has 0 fully saturated rings. The summed E-state index contributed by atoms with van der Waals surface area (Å²) in [5, 5.41) is 13.6. The van der Waals surface area contributed by atoms with Crippen LogP contribution in [0.25, 0.3) is 0 Å². The molecule has 0 amide bonds. The van der Waals surface area contributed by atoms with Crippen LogP contribution in [0.5, 0.6) is 0 Å².